The van der Waals surface area contributed by atoms with Gasteiger partial charge in [0.25, 0.3) is 0 Å². The molecular weight excluding hydrogens is 122 g/mol. The Bertz CT molecular complexity index is 60.2. The first-order chi connectivity index (χ1) is 4.31. The number of nitrogens with two attached hydrogens (primary N) is 1. The fourth-order valence-corrected chi connectivity index (χ4v) is 0.352. The molecule has 4 nitrogen and oxygen atoms in total. The summed E-state index contributed by atoms with van der Waals surface area (Å²) >= 11 is 0. The number of hydrogen-bond donors (Lipinski definition) is 3. The Morgan fingerprint density at radius 1 is 1.44 bits per heavy atom. The summed E-state index contributed by atoms with van der Waals surface area (Å²) in [6.45, 7) is 0.508. The summed E-state index contributed by atoms with van der Waals surface area (Å²) in [4.78, 5) is 0. The maximum atomic E-state index is 8.37. The summed E-state index contributed by atoms with van der Waals surface area (Å²) in [6.07, 6.45) is 0. The second kappa shape index (κ2) is 5.97. The van der Waals surface area contributed by atoms with E-state index in [2.05, 4.69) is 0 Å². The Hall–Kier alpha value is -0.160. The van der Waals surface area contributed by atoms with Crippen LogP contribution in [0.15, 0.2) is 0 Å². The van der Waals surface area contributed by atoms with E-state index in [4.69, 9.17) is 20.7 Å². The van der Waals surface area contributed by atoms with Crippen LogP contribution in [0.3, 0.4) is 0 Å². The van der Waals surface area contributed by atoms with Gasteiger partial charge in [0.2, 0.25) is 0 Å². The summed E-state index contributed by atoms with van der Waals surface area (Å²) in [5, 5.41) is 16.6. The Morgan fingerprint density at radius 3 is 2.56 bits per heavy atom. The lowest BCUT2D eigenvalue weighted by Crippen LogP contribution is -2.30. The van der Waals surface area contributed by atoms with Gasteiger partial charge in [-0.05, 0) is 0 Å². The zero-order chi connectivity index (χ0) is 7.11. The third-order valence-corrected chi connectivity index (χ3v) is 0.802. The molecule has 0 amide bonds. The van der Waals surface area contributed by atoms with Gasteiger partial charge in [0.15, 0.2) is 0 Å². The smallest absolute Gasteiger partial charge is 0.0698 e. The van der Waals surface area contributed by atoms with Gasteiger partial charge >= 0.3 is 0 Å². The van der Waals surface area contributed by atoms with Crippen LogP contribution in [0.1, 0.15) is 0 Å². The number of rotatable bonds is 5. The molecule has 9 heavy (non-hydrogen) atoms. The van der Waals surface area contributed by atoms with E-state index in [1.165, 1.54) is 0 Å². The summed E-state index contributed by atoms with van der Waals surface area (Å²) in [5.41, 5.74) is 5.26. The molecule has 0 aromatic carbocycles. The van der Waals surface area contributed by atoms with Crippen molar-refractivity contribution in [1.29, 1.82) is 0 Å². The minimum absolute atomic E-state index is 0.00184. The van der Waals surface area contributed by atoms with Gasteiger partial charge < -0.3 is 20.7 Å². The molecule has 0 spiro atoms. The van der Waals surface area contributed by atoms with Gasteiger partial charge in [-0.25, -0.2) is 0 Å². The van der Waals surface area contributed by atoms with Crippen LogP contribution in [-0.4, -0.2) is 42.7 Å². The van der Waals surface area contributed by atoms with Gasteiger partial charge in [-0.2, -0.15) is 0 Å². The molecule has 56 valence electrons. The van der Waals surface area contributed by atoms with Crippen molar-refractivity contribution in [3.63, 3.8) is 0 Å². The largest absolute Gasteiger partial charge is 0.395 e. The van der Waals surface area contributed by atoms with Crippen LogP contribution in [0.25, 0.3) is 0 Å². The predicted octanol–water partition coefficient (Wildman–Crippen LogP) is -1.69. The minimum atomic E-state index is -0.323. The lowest BCUT2D eigenvalue weighted by molar-refractivity contribution is 0.0713. The number of hydrogen-bond acceptors (Lipinski definition) is 4. The maximum absolute atomic E-state index is 8.37. The topological polar surface area (TPSA) is 75.7 Å². The van der Waals surface area contributed by atoms with E-state index in [1.807, 2.05) is 0 Å². The maximum Gasteiger partial charge on any atom is 0.0698 e. The van der Waals surface area contributed by atoms with E-state index >= 15 is 0 Å². The van der Waals surface area contributed by atoms with Gasteiger partial charge in [0, 0.05) is 0 Å². The summed E-state index contributed by atoms with van der Waals surface area (Å²) in [5.74, 6) is 0. The molecule has 0 aliphatic carbocycles. The Balaban J connectivity index is 2.88. The second-order valence-electron chi connectivity index (χ2n) is 1.74. The van der Waals surface area contributed by atoms with Crippen LogP contribution in [0.5, 0.6) is 0 Å². The minimum Gasteiger partial charge on any atom is -0.395 e. The first kappa shape index (κ1) is 8.84. The second-order valence-corrected chi connectivity index (χ2v) is 1.74. The molecule has 4 heteroatoms. The van der Waals surface area contributed by atoms with Gasteiger partial charge in [0.1, 0.15) is 0 Å². The highest BCUT2D eigenvalue weighted by Crippen LogP contribution is 1.78. The fraction of sp³-hybridized carbons (Fsp3) is 1.00. The molecule has 0 aromatic rings. The van der Waals surface area contributed by atoms with Crippen LogP contribution in [-0.2, 0) is 4.74 Å². The molecule has 0 radical (unpaired) electrons. The van der Waals surface area contributed by atoms with Gasteiger partial charge in [0.05, 0.1) is 32.5 Å². The zero-order valence-corrected chi connectivity index (χ0v) is 5.29. The van der Waals surface area contributed by atoms with Gasteiger partial charge in [-0.15, -0.1) is 0 Å². The number of aliphatic hydroxyl groups is 2. The molecule has 0 saturated carbocycles. The van der Waals surface area contributed by atoms with Crippen LogP contribution in [0.4, 0.5) is 0 Å². The van der Waals surface area contributed by atoms with Crippen molar-refractivity contribution < 1.29 is 14.9 Å². The molecule has 1 atom stereocenters. The standard InChI is InChI=1S/C5H13NO3/c6-5(3-8)4-9-2-1-7/h5,7-8H,1-4,6H2. The number of ether oxygens (including phenoxy) is 1. The quantitative estimate of drug-likeness (QED) is 0.393. The molecule has 1 unspecified atom stereocenters. The van der Waals surface area contributed by atoms with Crippen LogP contribution >= 0.6 is 0 Å². The number of aliphatic hydroxyl groups excluding tert-OH is 2. The third kappa shape index (κ3) is 5.72. The zero-order valence-electron chi connectivity index (χ0n) is 5.29. The van der Waals surface area contributed by atoms with Crippen LogP contribution < -0.4 is 5.73 Å². The van der Waals surface area contributed by atoms with Crippen LogP contribution in [0, 0.1) is 0 Å². The fourth-order valence-electron chi connectivity index (χ4n) is 0.352. The average Bonchev–Trinajstić information content (AvgIpc) is 1.89. The van der Waals surface area contributed by atoms with Crippen molar-refractivity contribution >= 4 is 0 Å². The third-order valence-electron chi connectivity index (χ3n) is 0.802. The molecule has 4 N–H and O–H groups in total. The summed E-state index contributed by atoms with van der Waals surface area (Å²) in [6, 6.07) is -0.323. The van der Waals surface area contributed by atoms with Gasteiger partial charge in [-0.1, -0.05) is 0 Å². The van der Waals surface area contributed by atoms with Crippen molar-refractivity contribution in [1.82, 2.24) is 0 Å². The average molecular weight is 135 g/mol. The highest BCUT2D eigenvalue weighted by Gasteiger charge is 1.97. The van der Waals surface area contributed by atoms with Crippen LogP contribution in [0.2, 0.25) is 0 Å². The van der Waals surface area contributed by atoms with Crippen molar-refractivity contribution in [2.75, 3.05) is 26.4 Å². The monoisotopic (exact) mass is 135 g/mol. The Morgan fingerprint density at radius 2 is 2.11 bits per heavy atom. The van der Waals surface area contributed by atoms with E-state index < -0.39 is 0 Å². The molecule has 0 aliphatic heterocycles. The van der Waals surface area contributed by atoms with Crippen molar-refractivity contribution in [2.45, 2.75) is 6.04 Å². The van der Waals surface area contributed by atoms with Crippen molar-refractivity contribution in [3.8, 4) is 0 Å². The Labute approximate surface area is 54.2 Å². The molecule has 0 heterocycles. The highest BCUT2D eigenvalue weighted by molar-refractivity contribution is 4.54. The SMILES string of the molecule is NC(CO)COCCO. The highest BCUT2D eigenvalue weighted by atomic mass is 16.5. The first-order valence-electron chi connectivity index (χ1n) is 2.86. The van der Waals surface area contributed by atoms with E-state index in [1.54, 1.807) is 0 Å². The van der Waals surface area contributed by atoms with E-state index in [0.29, 0.717) is 6.61 Å². The van der Waals surface area contributed by atoms with Gasteiger partial charge in [-0.3, -0.25) is 0 Å². The molecule has 0 aromatic heterocycles. The summed E-state index contributed by atoms with van der Waals surface area (Å²) < 4.78 is 4.80. The molecule has 0 aliphatic rings. The van der Waals surface area contributed by atoms with E-state index in [-0.39, 0.29) is 25.9 Å². The lowest BCUT2D eigenvalue weighted by Gasteiger charge is -2.06. The molecule has 0 fully saturated rings. The Kier molecular flexibility index (Phi) is 5.86. The molecular formula is C5H13NO3. The summed E-state index contributed by atoms with van der Waals surface area (Å²) in [7, 11) is 0. The lowest BCUT2D eigenvalue weighted by atomic mass is 10.4. The predicted molar refractivity (Wildman–Crippen MR) is 33.0 cm³/mol. The molecule has 0 bridgehead atoms. The normalized spacial score (nSPS) is 13.7. The van der Waals surface area contributed by atoms with Crippen molar-refractivity contribution in [2.24, 2.45) is 5.73 Å². The van der Waals surface area contributed by atoms with E-state index in [9.17, 15) is 0 Å². The molecule has 0 rings (SSSR count). The molecule has 0 saturated heterocycles. The van der Waals surface area contributed by atoms with E-state index in [0.717, 1.165) is 0 Å². The first-order valence-corrected chi connectivity index (χ1v) is 2.86. The van der Waals surface area contributed by atoms with Crippen molar-refractivity contribution in [3.05, 3.63) is 0 Å².